The Labute approximate surface area is 157 Å². The number of phenolic OH excluding ortho intramolecular Hbond substituents is 1. The number of fused-ring (bicyclic) bond motifs is 2. The average Bonchev–Trinajstić information content (AvgIpc) is 3.12. The molecule has 4 fully saturated rings. The molecule has 6 nitrogen and oxygen atoms in total. The predicted molar refractivity (Wildman–Crippen MR) is 101 cm³/mol. The van der Waals surface area contributed by atoms with Crippen molar-refractivity contribution in [3.8, 4) is 5.75 Å². The molecule has 6 rings (SSSR count). The molecule has 0 spiro atoms. The lowest BCUT2D eigenvalue weighted by Crippen LogP contribution is -2.60. The maximum Gasteiger partial charge on any atom is 0.260 e. The Morgan fingerprint density at radius 3 is 2.67 bits per heavy atom. The van der Waals surface area contributed by atoms with Crippen molar-refractivity contribution >= 4 is 5.91 Å². The number of carbonyl (C=O) groups is 1. The number of likely N-dealkylation sites (tertiary alicyclic amines) is 1. The normalized spacial score (nSPS) is 31.7. The molecule has 2 N–H and O–H groups in total. The van der Waals surface area contributed by atoms with Crippen LogP contribution in [-0.4, -0.2) is 57.5 Å². The highest BCUT2D eigenvalue weighted by Crippen LogP contribution is 2.47. The number of aromatic nitrogens is 1. The number of rotatable bonds is 2. The predicted octanol–water partition coefficient (Wildman–Crippen LogP) is 1.78. The number of pyridine rings is 1. The van der Waals surface area contributed by atoms with Gasteiger partial charge in [-0.15, -0.1) is 0 Å². The van der Waals surface area contributed by atoms with E-state index in [1.165, 1.54) is 0 Å². The molecule has 27 heavy (non-hydrogen) atoms. The number of carbonyl (C=O) groups excluding carboxylic acids is 1. The minimum absolute atomic E-state index is 0.131. The fourth-order valence-corrected chi connectivity index (χ4v) is 5.45. The lowest BCUT2D eigenvalue weighted by Gasteiger charge is -2.51. The molecule has 4 aliphatic heterocycles. The third-order valence-electron chi connectivity index (χ3n) is 6.60. The van der Waals surface area contributed by atoms with Crippen LogP contribution in [0, 0.1) is 5.92 Å². The molecule has 0 aliphatic carbocycles. The number of nitrogens with one attached hydrogen (secondary N) is 1. The van der Waals surface area contributed by atoms with Gasteiger partial charge in [0.05, 0.1) is 6.04 Å². The summed E-state index contributed by atoms with van der Waals surface area (Å²) in [6.45, 7) is 2.71. The fraction of sp³-hybridized carbons (Fsp3) is 0.429. The third-order valence-corrected chi connectivity index (χ3v) is 6.60. The van der Waals surface area contributed by atoms with E-state index in [1.807, 2.05) is 23.1 Å². The van der Waals surface area contributed by atoms with E-state index in [1.54, 1.807) is 24.4 Å². The van der Waals surface area contributed by atoms with E-state index in [4.69, 9.17) is 0 Å². The van der Waals surface area contributed by atoms with Crippen molar-refractivity contribution in [2.75, 3.05) is 19.6 Å². The average molecular weight is 365 g/mol. The summed E-state index contributed by atoms with van der Waals surface area (Å²) in [5.41, 5.74) is 0.945. The first kappa shape index (κ1) is 16.6. The summed E-state index contributed by atoms with van der Waals surface area (Å²) >= 11 is 0. The van der Waals surface area contributed by atoms with Gasteiger partial charge in [0, 0.05) is 24.7 Å². The van der Waals surface area contributed by atoms with Crippen molar-refractivity contribution in [2.45, 2.75) is 30.8 Å². The van der Waals surface area contributed by atoms with Gasteiger partial charge in [0.2, 0.25) is 0 Å². The van der Waals surface area contributed by atoms with Crippen LogP contribution in [0.4, 0.5) is 0 Å². The molecular formula is C21H23N3O3. The molecule has 3 atom stereocenters. The van der Waals surface area contributed by atoms with E-state index in [9.17, 15) is 14.7 Å². The highest BCUT2D eigenvalue weighted by atomic mass is 16.3. The van der Waals surface area contributed by atoms with E-state index >= 15 is 0 Å². The lowest BCUT2D eigenvalue weighted by atomic mass is 9.75. The Kier molecular flexibility index (Phi) is 3.82. The second-order valence-corrected chi connectivity index (χ2v) is 7.93. The molecule has 2 bridgehead atoms. The van der Waals surface area contributed by atoms with Crippen molar-refractivity contribution in [2.24, 2.45) is 5.92 Å². The summed E-state index contributed by atoms with van der Waals surface area (Å²) in [6, 6.07) is 11.1. The SMILES string of the molecule is O=C(c1ccc[nH]c1=O)N1C[C@@H](c2cccc(O)c2)[C@@H]2[C@H]1C1CCN2CC1. The van der Waals surface area contributed by atoms with E-state index in [0.717, 1.165) is 31.5 Å². The standard InChI is InChI=1S/C21H23N3O3/c25-15-4-1-3-14(11-15)17-12-24(21(27)16-5-2-8-22-20(16)26)18-13-6-9-23(10-7-13)19(17)18/h1-5,8,11,13,17-19,25H,6-7,9-10,12H2,(H,22,26)/t17-,18+,19+/m0/s1. The number of hydrogen-bond acceptors (Lipinski definition) is 4. The van der Waals surface area contributed by atoms with Crippen LogP contribution in [0.1, 0.15) is 34.7 Å². The number of aromatic hydroxyl groups is 1. The molecular weight excluding hydrogens is 342 g/mol. The number of nitrogens with zero attached hydrogens (tertiary/aromatic N) is 2. The molecule has 140 valence electrons. The molecule has 4 saturated heterocycles. The molecule has 1 aromatic carbocycles. The van der Waals surface area contributed by atoms with E-state index < -0.39 is 0 Å². The van der Waals surface area contributed by atoms with Crippen LogP contribution in [0.25, 0.3) is 0 Å². The van der Waals surface area contributed by atoms with Crippen molar-refractivity contribution < 1.29 is 9.90 Å². The molecule has 1 aromatic heterocycles. The van der Waals surface area contributed by atoms with Crippen LogP contribution in [0.5, 0.6) is 5.75 Å². The number of amides is 1. The number of phenols is 1. The summed E-state index contributed by atoms with van der Waals surface area (Å²) in [5, 5.41) is 9.95. The zero-order valence-corrected chi connectivity index (χ0v) is 15.0. The lowest BCUT2D eigenvalue weighted by molar-refractivity contribution is -0.00347. The first-order valence-electron chi connectivity index (χ1n) is 9.65. The van der Waals surface area contributed by atoms with E-state index in [0.29, 0.717) is 12.5 Å². The van der Waals surface area contributed by atoms with Crippen molar-refractivity contribution in [3.05, 3.63) is 64.1 Å². The maximum absolute atomic E-state index is 13.3. The Balaban J connectivity index is 1.56. The summed E-state index contributed by atoms with van der Waals surface area (Å²) in [6.07, 6.45) is 3.75. The van der Waals surface area contributed by atoms with Crippen LogP contribution in [0.15, 0.2) is 47.4 Å². The van der Waals surface area contributed by atoms with Gasteiger partial charge in [-0.3, -0.25) is 14.5 Å². The topological polar surface area (TPSA) is 76.6 Å². The van der Waals surface area contributed by atoms with Crippen molar-refractivity contribution in [3.63, 3.8) is 0 Å². The zero-order valence-electron chi connectivity index (χ0n) is 15.0. The fourth-order valence-electron chi connectivity index (χ4n) is 5.45. The van der Waals surface area contributed by atoms with Gasteiger partial charge in [-0.05, 0) is 61.7 Å². The number of H-pyrrole nitrogens is 1. The Hall–Kier alpha value is -2.60. The summed E-state index contributed by atoms with van der Waals surface area (Å²) in [5.74, 6) is 0.707. The minimum atomic E-state index is -0.332. The Morgan fingerprint density at radius 2 is 1.93 bits per heavy atom. The number of benzene rings is 1. The van der Waals surface area contributed by atoms with E-state index in [-0.39, 0.29) is 40.8 Å². The summed E-state index contributed by atoms with van der Waals surface area (Å²) < 4.78 is 0. The van der Waals surface area contributed by atoms with Gasteiger partial charge < -0.3 is 15.0 Å². The van der Waals surface area contributed by atoms with Crippen LogP contribution in [0.2, 0.25) is 0 Å². The van der Waals surface area contributed by atoms with Gasteiger partial charge in [0.15, 0.2) is 0 Å². The third kappa shape index (κ3) is 2.58. The van der Waals surface area contributed by atoms with Gasteiger partial charge in [-0.2, -0.15) is 0 Å². The number of piperidine rings is 3. The highest BCUT2D eigenvalue weighted by molar-refractivity contribution is 5.94. The smallest absolute Gasteiger partial charge is 0.260 e. The molecule has 1 amide bonds. The van der Waals surface area contributed by atoms with Crippen molar-refractivity contribution in [1.82, 2.24) is 14.8 Å². The Morgan fingerprint density at radius 1 is 1.11 bits per heavy atom. The zero-order chi connectivity index (χ0) is 18.5. The molecule has 5 heterocycles. The van der Waals surface area contributed by atoms with Crippen molar-refractivity contribution in [1.29, 1.82) is 0 Å². The first-order valence-corrected chi connectivity index (χ1v) is 9.65. The largest absolute Gasteiger partial charge is 0.508 e. The molecule has 0 unspecified atom stereocenters. The van der Waals surface area contributed by atoms with Crippen LogP contribution >= 0.6 is 0 Å². The summed E-state index contributed by atoms with van der Waals surface area (Å²) in [7, 11) is 0. The van der Waals surface area contributed by atoms with Gasteiger partial charge >= 0.3 is 0 Å². The quantitative estimate of drug-likeness (QED) is 0.851. The molecule has 6 heteroatoms. The van der Waals surface area contributed by atoms with Crippen LogP contribution in [-0.2, 0) is 0 Å². The second kappa shape index (κ2) is 6.23. The number of aromatic amines is 1. The van der Waals surface area contributed by atoms with Gasteiger partial charge in [0.1, 0.15) is 11.3 Å². The second-order valence-electron chi connectivity index (χ2n) is 7.93. The Bertz CT molecular complexity index is 932. The number of hydrogen-bond donors (Lipinski definition) is 2. The van der Waals surface area contributed by atoms with Crippen LogP contribution in [0.3, 0.4) is 0 Å². The van der Waals surface area contributed by atoms with E-state index in [2.05, 4.69) is 9.88 Å². The molecule has 2 aromatic rings. The molecule has 0 radical (unpaired) electrons. The maximum atomic E-state index is 13.3. The molecule has 0 saturated carbocycles. The van der Waals surface area contributed by atoms with Gasteiger partial charge in [-0.1, -0.05) is 12.1 Å². The first-order chi connectivity index (χ1) is 13.1. The highest BCUT2D eigenvalue weighted by Gasteiger charge is 2.54. The molecule has 4 aliphatic rings. The van der Waals surface area contributed by atoms with Gasteiger partial charge in [0.25, 0.3) is 11.5 Å². The monoisotopic (exact) mass is 365 g/mol. The van der Waals surface area contributed by atoms with Gasteiger partial charge in [-0.25, -0.2) is 0 Å². The minimum Gasteiger partial charge on any atom is -0.508 e. The van der Waals surface area contributed by atoms with Crippen LogP contribution < -0.4 is 5.56 Å². The summed E-state index contributed by atoms with van der Waals surface area (Å²) in [4.78, 5) is 32.5.